The van der Waals surface area contributed by atoms with Crippen LogP contribution in [0, 0.1) is 11.8 Å². The van der Waals surface area contributed by atoms with Crippen LogP contribution in [0.15, 0.2) is 0 Å². The average molecular weight is 314 g/mol. The fraction of sp³-hybridized carbons (Fsp3) is 0.875. The first-order valence-corrected chi connectivity index (χ1v) is 8.14. The third-order valence-electron chi connectivity index (χ3n) is 4.74. The van der Waals surface area contributed by atoms with Crippen LogP contribution in [-0.2, 0) is 23.8 Å². The third-order valence-corrected chi connectivity index (χ3v) is 4.74. The molecular formula is C16H26O6. The van der Waals surface area contributed by atoms with Crippen molar-refractivity contribution in [2.75, 3.05) is 13.9 Å². The molecule has 0 aromatic carbocycles. The molecule has 0 atom stereocenters. The van der Waals surface area contributed by atoms with Crippen molar-refractivity contribution in [2.24, 2.45) is 11.8 Å². The molecule has 2 aliphatic carbocycles. The Kier molecular flexibility index (Phi) is 6.64. The van der Waals surface area contributed by atoms with Gasteiger partial charge in [0.25, 0.3) is 0 Å². The largest absolute Gasteiger partial charge is 0.481 e. The zero-order valence-electron chi connectivity index (χ0n) is 13.2. The molecule has 2 fully saturated rings. The van der Waals surface area contributed by atoms with E-state index in [1.54, 1.807) is 7.11 Å². The van der Waals surface area contributed by atoms with E-state index in [-0.39, 0.29) is 30.0 Å². The molecule has 0 unspecified atom stereocenters. The van der Waals surface area contributed by atoms with Gasteiger partial charge in [-0.1, -0.05) is 0 Å². The molecule has 0 saturated heterocycles. The highest BCUT2D eigenvalue weighted by Crippen LogP contribution is 2.31. The van der Waals surface area contributed by atoms with Gasteiger partial charge >= 0.3 is 11.9 Å². The molecule has 0 aromatic heterocycles. The first kappa shape index (κ1) is 17.2. The lowest BCUT2D eigenvalue weighted by Crippen LogP contribution is -2.32. The Balaban J connectivity index is 1.67. The number of carboxylic acid groups (broad SMARTS) is 1. The van der Waals surface area contributed by atoms with Crippen LogP contribution in [0.5, 0.6) is 0 Å². The van der Waals surface area contributed by atoms with E-state index in [4.69, 9.17) is 19.3 Å². The lowest BCUT2D eigenvalue weighted by atomic mass is 9.82. The molecule has 6 nitrogen and oxygen atoms in total. The Labute approximate surface area is 131 Å². The zero-order valence-corrected chi connectivity index (χ0v) is 13.2. The van der Waals surface area contributed by atoms with Crippen molar-refractivity contribution < 1.29 is 28.9 Å². The summed E-state index contributed by atoms with van der Waals surface area (Å²) in [7, 11) is 1.60. The van der Waals surface area contributed by atoms with E-state index >= 15 is 0 Å². The van der Waals surface area contributed by atoms with E-state index in [1.165, 1.54) is 0 Å². The lowest BCUT2D eigenvalue weighted by Gasteiger charge is -2.30. The number of ether oxygens (including phenoxy) is 3. The molecule has 0 bridgehead atoms. The number of esters is 1. The summed E-state index contributed by atoms with van der Waals surface area (Å²) in [5.41, 5.74) is 0. The summed E-state index contributed by atoms with van der Waals surface area (Å²) >= 11 is 0. The molecule has 0 spiro atoms. The Morgan fingerprint density at radius 2 is 1.45 bits per heavy atom. The van der Waals surface area contributed by atoms with Gasteiger partial charge in [0.2, 0.25) is 0 Å². The maximum atomic E-state index is 12.2. The summed E-state index contributed by atoms with van der Waals surface area (Å²) in [6.07, 6.45) is 5.99. The van der Waals surface area contributed by atoms with Gasteiger partial charge in [-0.3, -0.25) is 9.59 Å². The molecule has 0 radical (unpaired) electrons. The fourth-order valence-corrected chi connectivity index (χ4v) is 3.32. The van der Waals surface area contributed by atoms with Gasteiger partial charge in [0.05, 0.1) is 17.9 Å². The topological polar surface area (TPSA) is 82.1 Å². The number of aliphatic carboxylic acids is 1. The van der Waals surface area contributed by atoms with Crippen LogP contribution < -0.4 is 0 Å². The Morgan fingerprint density at radius 1 is 0.909 bits per heavy atom. The van der Waals surface area contributed by atoms with Gasteiger partial charge in [0, 0.05) is 7.11 Å². The number of rotatable bonds is 6. The summed E-state index contributed by atoms with van der Waals surface area (Å²) in [6.45, 7) is 0.307. The molecule has 2 saturated carbocycles. The molecule has 126 valence electrons. The van der Waals surface area contributed by atoms with Crippen molar-refractivity contribution in [1.29, 1.82) is 0 Å². The van der Waals surface area contributed by atoms with Crippen LogP contribution in [0.2, 0.25) is 0 Å². The van der Waals surface area contributed by atoms with E-state index in [0.29, 0.717) is 32.5 Å². The summed E-state index contributed by atoms with van der Waals surface area (Å²) in [5.74, 6) is -1.32. The van der Waals surface area contributed by atoms with Crippen molar-refractivity contribution in [3.05, 3.63) is 0 Å². The highest BCUT2D eigenvalue weighted by Gasteiger charge is 2.32. The molecule has 0 heterocycles. The van der Waals surface area contributed by atoms with E-state index in [1.807, 2.05) is 0 Å². The Morgan fingerprint density at radius 3 is 2.00 bits per heavy atom. The second-order valence-corrected chi connectivity index (χ2v) is 6.30. The predicted octanol–water partition coefficient (Wildman–Crippen LogP) is 2.35. The van der Waals surface area contributed by atoms with Crippen LogP contribution >= 0.6 is 0 Å². The number of carboxylic acids is 1. The predicted molar refractivity (Wildman–Crippen MR) is 78.2 cm³/mol. The smallest absolute Gasteiger partial charge is 0.309 e. The minimum absolute atomic E-state index is 0.0212. The van der Waals surface area contributed by atoms with Gasteiger partial charge in [-0.15, -0.1) is 0 Å². The maximum absolute atomic E-state index is 12.2. The lowest BCUT2D eigenvalue weighted by molar-refractivity contribution is -0.161. The number of hydrogen-bond donors (Lipinski definition) is 1. The molecule has 2 aliphatic rings. The highest BCUT2D eigenvalue weighted by molar-refractivity contribution is 5.74. The van der Waals surface area contributed by atoms with Gasteiger partial charge in [-0.05, 0) is 51.4 Å². The Bertz CT molecular complexity index is 367. The first-order chi connectivity index (χ1) is 10.6. The number of carbonyl (C=O) groups is 2. The first-order valence-electron chi connectivity index (χ1n) is 8.14. The molecule has 2 rings (SSSR count). The van der Waals surface area contributed by atoms with Gasteiger partial charge in [-0.2, -0.15) is 0 Å². The van der Waals surface area contributed by atoms with Crippen LogP contribution in [0.1, 0.15) is 51.4 Å². The van der Waals surface area contributed by atoms with E-state index in [2.05, 4.69) is 0 Å². The van der Waals surface area contributed by atoms with Crippen molar-refractivity contribution in [3.8, 4) is 0 Å². The molecular weight excluding hydrogens is 288 g/mol. The van der Waals surface area contributed by atoms with Gasteiger partial charge < -0.3 is 19.3 Å². The molecule has 0 aromatic rings. The van der Waals surface area contributed by atoms with Crippen molar-refractivity contribution in [1.82, 2.24) is 0 Å². The summed E-state index contributed by atoms with van der Waals surface area (Å²) in [4.78, 5) is 23.1. The normalized spacial score (nSPS) is 32.4. The maximum Gasteiger partial charge on any atom is 0.309 e. The second kappa shape index (κ2) is 8.48. The quantitative estimate of drug-likeness (QED) is 0.598. The standard InChI is InChI=1S/C16H26O6/c1-20-10-21-13-6-8-14(9-7-13)22-16(19)12-4-2-11(3-5-12)15(17)18/h11-14H,2-10H2,1H3,(H,17,18). The molecule has 0 amide bonds. The summed E-state index contributed by atoms with van der Waals surface area (Å²) in [6, 6.07) is 0. The van der Waals surface area contributed by atoms with Gasteiger partial charge in [0.1, 0.15) is 12.9 Å². The van der Waals surface area contributed by atoms with Crippen molar-refractivity contribution in [3.63, 3.8) is 0 Å². The molecule has 6 heteroatoms. The Hall–Kier alpha value is -1.14. The van der Waals surface area contributed by atoms with Gasteiger partial charge in [0.15, 0.2) is 0 Å². The summed E-state index contributed by atoms with van der Waals surface area (Å²) < 4.78 is 16.0. The van der Waals surface area contributed by atoms with Crippen molar-refractivity contribution in [2.45, 2.75) is 63.6 Å². The van der Waals surface area contributed by atoms with Gasteiger partial charge in [-0.25, -0.2) is 0 Å². The van der Waals surface area contributed by atoms with Crippen LogP contribution in [0.3, 0.4) is 0 Å². The van der Waals surface area contributed by atoms with E-state index < -0.39 is 5.97 Å². The minimum atomic E-state index is -0.749. The zero-order chi connectivity index (χ0) is 15.9. The molecule has 1 N–H and O–H groups in total. The minimum Gasteiger partial charge on any atom is -0.481 e. The fourth-order valence-electron chi connectivity index (χ4n) is 3.32. The number of carbonyl (C=O) groups excluding carboxylic acids is 1. The second-order valence-electron chi connectivity index (χ2n) is 6.30. The number of methoxy groups -OCH3 is 1. The third kappa shape index (κ3) is 4.95. The van der Waals surface area contributed by atoms with Crippen LogP contribution in [0.25, 0.3) is 0 Å². The van der Waals surface area contributed by atoms with E-state index in [0.717, 1.165) is 25.7 Å². The molecule has 22 heavy (non-hydrogen) atoms. The average Bonchev–Trinajstić information content (AvgIpc) is 2.54. The van der Waals surface area contributed by atoms with E-state index in [9.17, 15) is 9.59 Å². The molecule has 0 aliphatic heterocycles. The summed E-state index contributed by atoms with van der Waals surface area (Å²) in [5, 5.41) is 8.97. The van der Waals surface area contributed by atoms with Crippen molar-refractivity contribution >= 4 is 11.9 Å². The van der Waals surface area contributed by atoms with Crippen LogP contribution in [0.4, 0.5) is 0 Å². The van der Waals surface area contributed by atoms with Crippen LogP contribution in [-0.4, -0.2) is 43.2 Å². The monoisotopic (exact) mass is 314 g/mol. The number of hydrogen-bond acceptors (Lipinski definition) is 5. The SMILES string of the molecule is COCOC1CCC(OC(=O)C2CCC(C(=O)O)CC2)CC1. The highest BCUT2D eigenvalue weighted by atomic mass is 16.7.